The number of Topliss-reactive ketones (excluding diaryl/α,β-unsaturated/α-hetero) is 1. The number of allylic oxidation sites excluding steroid dienone is 1. The fourth-order valence-electron chi connectivity index (χ4n) is 4.73. The fourth-order valence-corrected chi connectivity index (χ4v) is 4.91. The van der Waals surface area contributed by atoms with Gasteiger partial charge in [-0.3, -0.25) is 14.2 Å². The molecule has 1 aromatic heterocycles. The minimum absolute atomic E-state index is 0.187. The average Bonchev–Trinajstić information content (AvgIpc) is 3.06. The number of nitrogens with zero attached hydrogens (tertiary/aromatic N) is 2. The van der Waals surface area contributed by atoms with E-state index in [4.69, 9.17) is 12.2 Å². The van der Waals surface area contributed by atoms with Gasteiger partial charge in [-0.25, -0.2) is 0 Å². The van der Waals surface area contributed by atoms with Crippen molar-refractivity contribution in [3.05, 3.63) is 96.5 Å². The molecule has 9 heteroatoms. The Morgan fingerprint density at radius 1 is 1.00 bits per heavy atom. The van der Waals surface area contributed by atoms with Crippen molar-refractivity contribution in [2.75, 3.05) is 5.32 Å². The average molecular weight is 469 g/mol. The van der Waals surface area contributed by atoms with Gasteiger partial charge in [-0.05, 0) is 36.8 Å². The molecule has 0 spiro atoms. The Kier molecular flexibility index (Phi) is 4.55. The monoisotopic (exact) mass is 469 g/mol. The number of benzene rings is 2. The van der Waals surface area contributed by atoms with Gasteiger partial charge in [-0.1, -0.05) is 35.9 Å². The number of carbonyl (C=O) groups is 1. The molecule has 0 amide bonds. The summed E-state index contributed by atoms with van der Waals surface area (Å²) in [5, 5.41) is 3.20. The number of anilines is 1. The zero-order chi connectivity index (χ0) is 23.8. The SMILES string of the molecule is Cc1cc(C2C3=C(Nc4c2c(=O)n(C)c(=S)n4C)c2ccccc2C3=O)cc(C(F)(F)F)c1. The molecule has 1 unspecified atom stereocenters. The summed E-state index contributed by atoms with van der Waals surface area (Å²) in [5.41, 5.74) is 1.34. The number of alkyl halides is 3. The number of ketones is 1. The molecule has 2 aromatic carbocycles. The van der Waals surface area contributed by atoms with Gasteiger partial charge < -0.3 is 9.88 Å². The van der Waals surface area contributed by atoms with Crippen molar-refractivity contribution in [2.24, 2.45) is 14.1 Å². The van der Waals surface area contributed by atoms with Gasteiger partial charge in [0.1, 0.15) is 5.82 Å². The number of aromatic nitrogens is 2. The highest BCUT2D eigenvalue weighted by Crippen LogP contribution is 2.48. The van der Waals surface area contributed by atoms with Crippen molar-refractivity contribution >= 4 is 29.5 Å². The van der Waals surface area contributed by atoms with Crippen molar-refractivity contribution in [1.29, 1.82) is 0 Å². The molecule has 0 saturated carbocycles. The summed E-state index contributed by atoms with van der Waals surface area (Å²) in [6.45, 7) is 1.56. The van der Waals surface area contributed by atoms with Crippen LogP contribution in [0.2, 0.25) is 0 Å². The molecule has 2 aliphatic rings. The normalized spacial score (nSPS) is 16.9. The van der Waals surface area contributed by atoms with E-state index in [-0.39, 0.29) is 27.3 Å². The highest BCUT2D eigenvalue weighted by molar-refractivity contribution is 7.71. The van der Waals surface area contributed by atoms with Crippen molar-refractivity contribution in [1.82, 2.24) is 9.13 Å². The Labute approximate surface area is 191 Å². The molecule has 1 aliphatic heterocycles. The van der Waals surface area contributed by atoms with Crippen LogP contribution < -0.4 is 10.9 Å². The molecule has 0 bridgehead atoms. The molecule has 33 heavy (non-hydrogen) atoms. The number of rotatable bonds is 1. The highest BCUT2D eigenvalue weighted by Gasteiger charge is 2.43. The third-order valence-electron chi connectivity index (χ3n) is 6.24. The maximum Gasteiger partial charge on any atom is 0.416 e. The maximum absolute atomic E-state index is 13.7. The molecule has 2 heterocycles. The zero-order valence-electron chi connectivity index (χ0n) is 17.9. The van der Waals surface area contributed by atoms with E-state index in [0.717, 1.165) is 12.1 Å². The Morgan fingerprint density at radius 2 is 1.67 bits per heavy atom. The van der Waals surface area contributed by atoms with Crippen molar-refractivity contribution < 1.29 is 18.0 Å². The van der Waals surface area contributed by atoms with E-state index in [9.17, 15) is 22.8 Å². The molecule has 5 rings (SSSR count). The van der Waals surface area contributed by atoms with E-state index in [1.807, 2.05) is 0 Å². The van der Waals surface area contributed by atoms with Gasteiger partial charge in [-0.15, -0.1) is 0 Å². The van der Waals surface area contributed by atoms with Crippen LogP contribution in [0.15, 0.2) is 52.8 Å². The second-order valence-corrected chi connectivity index (χ2v) is 8.68. The van der Waals surface area contributed by atoms with Crippen LogP contribution in [0.4, 0.5) is 19.0 Å². The van der Waals surface area contributed by atoms with Gasteiger partial charge in [0.25, 0.3) is 5.56 Å². The number of halogens is 3. The maximum atomic E-state index is 13.7. The van der Waals surface area contributed by atoms with E-state index >= 15 is 0 Å². The molecule has 0 radical (unpaired) electrons. The second kappa shape index (κ2) is 7.02. The van der Waals surface area contributed by atoms with Gasteiger partial charge in [0.05, 0.1) is 16.8 Å². The van der Waals surface area contributed by atoms with Crippen LogP contribution in [0.1, 0.15) is 44.1 Å². The third kappa shape index (κ3) is 3.02. The first-order chi connectivity index (χ1) is 15.5. The Balaban J connectivity index is 1.89. The van der Waals surface area contributed by atoms with Crippen LogP contribution in [-0.4, -0.2) is 14.9 Å². The number of fused-ring (bicyclic) bond motifs is 3. The molecule has 1 N–H and O–H groups in total. The molecular formula is C24H18F3N3O2S. The molecule has 0 fully saturated rings. The highest BCUT2D eigenvalue weighted by atomic mass is 32.1. The van der Waals surface area contributed by atoms with Crippen LogP contribution in [0.3, 0.4) is 0 Å². The van der Waals surface area contributed by atoms with Crippen LogP contribution in [0.5, 0.6) is 0 Å². The van der Waals surface area contributed by atoms with Crippen LogP contribution >= 0.6 is 12.2 Å². The second-order valence-electron chi connectivity index (χ2n) is 8.32. The number of hydrogen-bond donors (Lipinski definition) is 1. The predicted octanol–water partition coefficient (Wildman–Crippen LogP) is 4.95. The van der Waals surface area contributed by atoms with Crippen LogP contribution in [0, 0.1) is 11.7 Å². The van der Waals surface area contributed by atoms with Crippen LogP contribution in [0.25, 0.3) is 5.70 Å². The number of nitrogens with one attached hydrogen (secondary N) is 1. The molecule has 168 valence electrons. The smallest absolute Gasteiger partial charge is 0.340 e. The fraction of sp³-hybridized carbons (Fsp3) is 0.208. The number of aryl methyl sites for hydroxylation is 1. The lowest BCUT2D eigenvalue weighted by Gasteiger charge is -2.30. The third-order valence-corrected chi connectivity index (χ3v) is 6.78. The lowest BCUT2D eigenvalue weighted by molar-refractivity contribution is -0.137. The summed E-state index contributed by atoms with van der Waals surface area (Å²) in [5.74, 6) is -0.935. The summed E-state index contributed by atoms with van der Waals surface area (Å²) in [7, 11) is 3.19. The van der Waals surface area contributed by atoms with Gasteiger partial charge >= 0.3 is 6.18 Å². The van der Waals surface area contributed by atoms with E-state index in [1.165, 1.54) is 11.6 Å². The Morgan fingerprint density at radius 3 is 2.33 bits per heavy atom. The summed E-state index contributed by atoms with van der Waals surface area (Å²) in [6, 6.07) is 10.6. The first-order valence-corrected chi connectivity index (χ1v) is 10.6. The summed E-state index contributed by atoms with van der Waals surface area (Å²) in [4.78, 5) is 26.9. The van der Waals surface area contributed by atoms with E-state index < -0.39 is 23.2 Å². The predicted molar refractivity (Wildman–Crippen MR) is 121 cm³/mol. The first kappa shape index (κ1) is 21.4. The lowest BCUT2D eigenvalue weighted by Crippen LogP contribution is -2.34. The summed E-state index contributed by atoms with van der Waals surface area (Å²) < 4.78 is 44.1. The number of carbonyl (C=O) groups excluding carboxylic acids is 1. The van der Waals surface area contributed by atoms with E-state index in [0.29, 0.717) is 28.2 Å². The standard InChI is InChI=1S/C24H18F3N3O2S/c1-11-8-12(10-13(9-11)24(25,26)27)16-17-19(14-6-4-5-7-15(14)20(17)31)28-21-18(16)22(32)30(3)23(33)29(21)2/h4-10,16,28H,1-3H3. The van der Waals surface area contributed by atoms with Gasteiger partial charge in [-0.2, -0.15) is 13.2 Å². The Hall–Kier alpha value is -3.46. The summed E-state index contributed by atoms with van der Waals surface area (Å²) >= 11 is 5.39. The summed E-state index contributed by atoms with van der Waals surface area (Å²) in [6.07, 6.45) is -4.57. The molecule has 1 atom stereocenters. The van der Waals surface area contributed by atoms with Crippen molar-refractivity contribution in [3.63, 3.8) is 0 Å². The zero-order valence-corrected chi connectivity index (χ0v) is 18.7. The largest absolute Gasteiger partial charge is 0.416 e. The van der Waals surface area contributed by atoms with E-state index in [2.05, 4.69) is 5.32 Å². The minimum atomic E-state index is -4.57. The molecule has 1 aliphatic carbocycles. The molecule has 5 nitrogen and oxygen atoms in total. The molecule has 0 saturated heterocycles. The van der Waals surface area contributed by atoms with Crippen LogP contribution in [-0.2, 0) is 20.3 Å². The van der Waals surface area contributed by atoms with Gasteiger partial charge in [0.2, 0.25) is 0 Å². The minimum Gasteiger partial charge on any atom is -0.340 e. The quantitative estimate of drug-likeness (QED) is 0.513. The Bertz CT molecular complexity index is 1530. The number of hydrogen-bond acceptors (Lipinski definition) is 4. The lowest BCUT2D eigenvalue weighted by atomic mass is 9.80. The molecular weight excluding hydrogens is 451 g/mol. The van der Waals surface area contributed by atoms with Gasteiger partial charge in [0, 0.05) is 36.7 Å². The first-order valence-electron chi connectivity index (χ1n) is 10.1. The van der Waals surface area contributed by atoms with Crippen molar-refractivity contribution in [2.45, 2.75) is 19.0 Å². The van der Waals surface area contributed by atoms with Gasteiger partial charge in [0.15, 0.2) is 10.6 Å². The topological polar surface area (TPSA) is 56.0 Å². The molecule has 3 aromatic rings. The van der Waals surface area contributed by atoms with Crippen molar-refractivity contribution in [3.8, 4) is 0 Å². The van der Waals surface area contributed by atoms with E-state index in [1.54, 1.807) is 48.9 Å².